The molecular formula is C18H12FN3O2S. The van der Waals surface area contributed by atoms with Crippen molar-refractivity contribution in [3.8, 4) is 0 Å². The maximum atomic E-state index is 13.9. The van der Waals surface area contributed by atoms with E-state index >= 15 is 0 Å². The van der Waals surface area contributed by atoms with E-state index in [1.807, 2.05) is 0 Å². The zero-order valence-electron chi connectivity index (χ0n) is 12.8. The van der Waals surface area contributed by atoms with E-state index in [0.717, 1.165) is 6.07 Å². The Bertz CT molecular complexity index is 1200. The second kappa shape index (κ2) is 5.78. The maximum absolute atomic E-state index is 13.9. The van der Waals surface area contributed by atoms with Crippen molar-refractivity contribution in [1.82, 2.24) is 9.97 Å². The highest BCUT2D eigenvalue weighted by Gasteiger charge is 2.20. The van der Waals surface area contributed by atoms with E-state index in [1.54, 1.807) is 36.4 Å². The first-order chi connectivity index (χ1) is 12.0. The summed E-state index contributed by atoms with van der Waals surface area (Å²) < 4.78 is 42.0. The molecule has 2 aromatic heterocycles. The number of hydrogen-bond acceptors (Lipinski definition) is 4. The molecule has 4 rings (SSSR count). The Morgan fingerprint density at radius 2 is 1.52 bits per heavy atom. The van der Waals surface area contributed by atoms with Crippen molar-refractivity contribution in [3.05, 3.63) is 72.8 Å². The van der Waals surface area contributed by atoms with Crippen molar-refractivity contribution in [2.24, 2.45) is 0 Å². The van der Waals surface area contributed by atoms with Gasteiger partial charge in [-0.05, 0) is 24.3 Å². The van der Waals surface area contributed by atoms with Gasteiger partial charge in [0.2, 0.25) is 0 Å². The summed E-state index contributed by atoms with van der Waals surface area (Å²) in [5, 5.41) is 1.21. The molecule has 7 heteroatoms. The van der Waals surface area contributed by atoms with Gasteiger partial charge in [0.05, 0.1) is 16.7 Å². The van der Waals surface area contributed by atoms with Crippen LogP contribution in [-0.2, 0) is 10.0 Å². The zero-order chi connectivity index (χ0) is 17.4. The van der Waals surface area contributed by atoms with Gasteiger partial charge in [0.1, 0.15) is 10.7 Å². The van der Waals surface area contributed by atoms with Gasteiger partial charge >= 0.3 is 0 Å². The average Bonchev–Trinajstić information content (AvgIpc) is 2.61. The van der Waals surface area contributed by atoms with E-state index in [2.05, 4.69) is 14.7 Å². The quantitative estimate of drug-likeness (QED) is 0.609. The van der Waals surface area contributed by atoms with Crippen molar-refractivity contribution in [1.29, 1.82) is 0 Å². The van der Waals surface area contributed by atoms with E-state index < -0.39 is 15.8 Å². The number of benzene rings is 2. The van der Waals surface area contributed by atoms with Crippen molar-refractivity contribution in [3.63, 3.8) is 0 Å². The predicted molar refractivity (Wildman–Crippen MR) is 94.3 cm³/mol. The summed E-state index contributed by atoms with van der Waals surface area (Å²) in [7, 11) is -3.97. The number of nitrogens with zero attached hydrogens (tertiary/aromatic N) is 2. The largest absolute Gasteiger partial charge is 0.277 e. The fourth-order valence-electron chi connectivity index (χ4n) is 2.73. The minimum atomic E-state index is -3.97. The number of halogens is 1. The molecule has 0 aliphatic rings. The Labute approximate surface area is 143 Å². The second-order valence-electron chi connectivity index (χ2n) is 5.47. The van der Waals surface area contributed by atoms with Gasteiger partial charge in [-0.15, -0.1) is 0 Å². The molecule has 5 nitrogen and oxygen atoms in total. The number of fused-ring (bicyclic) bond motifs is 2. The Balaban J connectivity index is 1.88. The van der Waals surface area contributed by atoms with Gasteiger partial charge < -0.3 is 0 Å². The second-order valence-corrected chi connectivity index (χ2v) is 7.12. The fourth-order valence-corrected chi connectivity index (χ4v) is 3.96. The zero-order valence-corrected chi connectivity index (χ0v) is 13.7. The molecule has 1 N–H and O–H groups in total. The minimum absolute atomic E-state index is 0.0268. The van der Waals surface area contributed by atoms with Crippen LogP contribution in [0.5, 0.6) is 0 Å². The van der Waals surface area contributed by atoms with Crippen LogP contribution in [-0.4, -0.2) is 18.4 Å². The smallest absolute Gasteiger partial charge is 0.264 e. The van der Waals surface area contributed by atoms with Gasteiger partial charge in [0.15, 0.2) is 0 Å². The van der Waals surface area contributed by atoms with Gasteiger partial charge in [-0.3, -0.25) is 14.7 Å². The molecule has 0 spiro atoms. The SMILES string of the molecule is O=S(=O)(Nc1cc(F)cc2cccnc12)c1cccc2cccnc12. The highest BCUT2D eigenvalue weighted by molar-refractivity contribution is 7.93. The molecule has 0 bridgehead atoms. The highest BCUT2D eigenvalue weighted by atomic mass is 32.2. The lowest BCUT2D eigenvalue weighted by Crippen LogP contribution is -2.14. The maximum Gasteiger partial charge on any atom is 0.264 e. The van der Waals surface area contributed by atoms with Crippen LogP contribution in [0.25, 0.3) is 21.8 Å². The summed E-state index contributed by atoms with van der Waals surface area (Å²) in [4.78, 5) is 8.34. The van der Waals surface area contributed by atoms with Crippen molar-refractivity contribution in [2.45, 2.75) is 4.90 Å². The molecular weight excluding hydrogens is 341 g/mol. The first kappa shape index (κ1) is 15.5. The third-order valence-corrected chi connectivity index (χ3v) is 5.20. The summed E-state index contributed by atoms with van der Waals surface area (Å²) in [6.45, 7) is 0. The Hall–Kier alpha value is -3.06. The summed E-state index contributed by atoms with van der Waals surface area (Å²) >= 11 is 0. The van der Waals surface area contributed by atoms with Crippen molar-refractivity contribution < 1.29 is 12.8 Å². The number of sulfonamides is 1. The number of nitrogens with one attached hydrogen (secondary N) is 1. The van der Waals surface area contributed by atoms with Crippen molar-refractivity contribution in [2.75, 3.05) is 4.72 Å². The molecule has 124 valence electrons. The molecule has 0 unspecified atom stereocenters. The molecule has 0 fully saturated rings. The number of anilines is 1. The number of pyridine rings is 2. The Morgan fingerprint density at radius 1 is 0.840 bits per heavy atom. The van der Waals surface area contributed by atoms with Gasteiger partial charge in [-0.2, -0.15) is 0 Å². The van der Waals surface area contributed by atoms with Gasteiger partial charge in [-0.1, -0.05) is 24.3 Å². The number of rotatable bonds is 3. The molecule has 2 heterocycles. The summed E-state index contributed by atoms with van der Waals surface area (Å²) in [6.07, 6.45) is 3.05. The van der Waals surface area contributed by atoms with Crippen LogP contribution in [0.2, 0.25) is 0 Å². The topological polar surface area (TPSA) is 72.0 Å². The normalized spacial score (nSPS) is 11.7. The third-order valence-electron chi connectivity index (χ3n) is 3.80. The lowest BCUT2D eigenvalue weighted by atomic mass is 10.2. The summed E-state index contributed by atoms with van der Waals surface area (Å²) in [6, 6.07) is 14.1. The van der Waals surface area contributed by atoms with Crippen LogP contribution >= 0.6 is 0 Å². The lowest BCUT2D eigenvalue weighted by Gasteiger charge is -2.12. The molecule has 25 heavy (non-hydrogen) atoms. The number of para-hydroxylation sites is 1. The molecule has 0 amide bonds. The first-order valence-electron chi connectivity index (χ1n) is 7.45. The highest BCUT2D eigenvalue weighted by Crippen LogP contribution is 2.27. The van der Waals surface area contributed by atoms with E-state index in [-0.39, 0.29) is 10.6 Å². The van der Waals surface area contributed by atoms with Crippen LogP contribution < -0.4 is 4.72 Å². The van der Waals surface area contributed by atoms with Crippen LogP contribution in [0.4, 0.5) is 10.1 Å². The van der Waals surface area contributed by atoms with Gasteiger partial charge in [0.25, 0.3) is 10.0 Å². The third kappa shape index (κ3) is 2.78. The first-order valence-corrected chi connectivity index (χ1v) is 8.94. The van der Waals surface area contributed by atoms with Crippen LogP contribution in [0.1, 0.15) is 0 Å². The molecule has 4 aromatic rings. The van der Waals surface area contributed by atoms with Crippen LogP contribution in [0.3, 0.4) is 0 Å². The number of aromatic nitrogens is 2. The molecule has 0 saturated carbocycles. The molecule has 0 radical (unpaired) electrons. The minimum Gasteiger partial charge on any atom is -0.277 e. The van der Waals surface area contributed by atoms with Crippen LogP contribution in [0, 0.1) is 5.82 Å². The van der Waals surface area contributed by atoms with Gasteiger partial charge in [0, 0.05) is 29.2 Å². The predicted octanol–water partition coefficient (Wildman–Crippen LogP) is 3.72. The standard InChI is InChI=1S/C18H12FN3O2S/c19-14-10-13-6-3-8-20-17(13)15(11-14)22-25(23,24)16-7-1-4-12-5-2-9-21-18(12)16/h1-11,22H. The van der Waals surface area contributed by atoms with E-state index in [1.165, 1.54) is 24.5 Å². The molecule has 0 atom stereocenters. The van der Waals surface area contributed by atoms with Gasteiger partial charge in [-0.25, -0.2) is 12.8 Å². The summed E-state index contributed by atoms with van der Waals surface area (Å²) in [5.41, 5.74) is 0.815. The molecule has 0 aliphatic heterocycles. The number of hydrogen-bond donors (Lipinski definition) is 1. The Kier molecular flexibility index (Phi) is 3.58. The van der Waals surface area contributed by atoms with E-state index in [9.17, 15) is 12.8 Å². The van der Waals surface area contributed by atoms with Crippen LogP contribution in [0.15, 0.2) is 71.9 Å². The molecule has 2 aromatic carbocycles. The van der Waals surface area contributed by atoms with E-state index in [0.29, 0.717) is 21.8 Å². The monoisotopic (exact) mass is 353 g/mol. The average molecular weight is 353 g/mol. The van der Waals surface area contributed by atoms with Crippen molar-refractivity contribution >= 4 is 37.5 Å². The van der Waals surface area contributed by atoms with E-state index in [4.69, 9.17) is 0 Å². The Morgan fingerprint density at radius 3 is 2.32 bits per heavy atom. The molecule has 0 aliphatic carbocycles. The fraction of sp³-hybridized carbons (Fsp3) is 0. The summed E-state index contributed by atoms with van der Waals surface area (Å²) in [5.74, 6) is -0.547. The molecule has 0 saturated heterocycles. The lowest BCUT2D eigenvalue weighted by molar-refractivity contribution is 0.602.